The molecule has 8 nitrogen and oxygen atoms in total. The second-order valence-corrected chi connectivity index (χ2v) is 6.26. The highest BCUT2D eigenvalue weighted by molar-refractivity contribution is 6.02. The summed E-state index contributed by atoms with van der Waals surface area (Å²) in [5.74, 6) is -0.989. The predicted molar refractivity (Wildman–Crippen MR) is 88.2 cm³/mol. The molecule has 0 bridgehead atoms. The van der Waals surface area contributed by atoms with Crippen LogP contribution in [0.3, 0.4) is 0 Å². The van der Waals surface area contributed by atoms with Crippen molar-refractivity contribution in [3.8, 4) is 0 Å². The van der Waals surface area contributed by atoms with E-state index in [1.807, 2.05) is 0 Å². The summed E-state index contributed by atoms with van der Waals surface area (Å²) in [6, 6.07) is 6.50. The van der Waals surface area contributed by atoms with Crippen molar-refractivity contribution in [1.29, 1.82) is 0 Å². The summed E-state index contributed by atoms with van der Waals surface area (Å²) in [5, 5.41) is 2.47. The van der Waals surface area contributed by atoms with Crippen molar-refractivity contribution >= 4 is 23.8 Å². The Labute approximate surface area is 144 Å². The van der Waals surface area contributed by atoms with Crippen molar-refractivity contribution in [3.05, 3.63) is 35.4 Å². The number of carbonyl (C=O) groups excluding carboxylic acids is 4. The molecule has 2 aliphatic heterocycles. The van der Waals surface area contributed by atoms with E-state index in [0.29, 0.717) is 37.1 Å². The first-order chi connectivity index (χ1) is 12.0. The quantitative estimate of drug-likeness (QED) is 0.753. The maximum Gasteiger partial charge on any atom is 0.324 e. The lowest BCUT2D eigenvalue weighted by atomic mass is 9.95. The van der Waals surface area contributed by atoms with E-state index in [0.717, 1.165) is 4.90 Å². The topological polar surface area (TPSA) is 113 Å². The van der Waals surface area contributed by atoms with Crippen LogP contribution in [0.2, 0.25) is 0 Å². The zero-order chi connectivity index (χ0) is 18.0. The van der Waals surface area contributed by atoms with Gasteiger partial charge in [-0.15, -0.1) is 0 Å². The molecule has 0 unspecified atom stereocenters. The molecule has 25 heavy (non-hydrogen) atoms. The second kappa shape index (κ2) is 6.92. The molecule has 2 heterocycles. The summed E-state index contributed by atoms with van der Waals surface area (Å²) < 4.78 is 0. The first kappa shape index (κ1) is 16.9. The van der Waals surface area contributed by atoms with Crippen molar-refractivity contribution in [2.45, 2.75) is 19.4 Å². The van der Waals surface area contributed by atoms with Crippen molar-refractivity contribution < 1.29 is 19.2 Å². The molecule has 0 atom stereocenters. The molecule has 2 fully saturated rings. The molecule has 0 radical (unpaired) electrons. The number of likely N-dealkylation sites (tertiary alicyclic amines) is 1. The molecule has 1 aromatic rings. The normalized spacial score (nSPS) is 18.4. The summed E-state index contributed by atoms with van der Waals surface area (Å²) in [5.41, 5.74) is 6.41. The van der Waals surface area contributed by atoms with Crippen LogP contribution in [0, 0.1) is 5.92 Å². The van der Waals surface area contributed by atoms with Gasteiger partial charge in [-0.1, -0.05) is 18.2 Å². The number of urea groups is 1. The van der Waals surface area contributed by atoms with Gasteiger partial charge >= 0.3 is 6.03 Å². The zero-order valence-corrected chi connectivity index (χ0v) is 13.7. The van der Waals surface area contributed by atoms with E-state index in [-0.39, 0.29) is 36.7 Å². The number of imide groups is 1. The van der Waals surface area contributed by atoms with E-state index in [4.69, 9.17) is 5.73 Å². The number of amides is 5. The van der Waals surface area contributed by atoms with Crippen LogP contribution < -0.4 is 11.1 Å². The van der Waals surface area contributed by atoms with Gasteiger partial charge in [-0.25, -0.2) is 4.79 Å². The number of nitrogens with zero attached hydrogens (tertiary/aromatic N) is 2. The van der Waals surface area contributed by atoms with Crippen LogP contribution in [-0.4, -0.2) is 53.2 Å². The number of nitrogens with one attached hydrogen (secondary N) is 1. The number of carbonyl (C=O) groups is 4. The van der Waals surface area contributed by atoms with Gasteiger partial charge in [-0.3, -0.25) is 19.3 Å². The predicted octanol–water partition coefficient (Wildman–Crippen LogP) is 0.0759. The number of piperidine rings is 1. The van der Waals surface area contributed by atoms with Crippen LogP contribution in [0.15, 0.2) is 24.3 Å². The Hall–Kier alpha value is -2.90. The molecule has 2 saturated heterocycles. The van der Waals surface area contributed by atoms with Crippen molar-refractivity contribution in [2.75, 3.05) is 19.6 Å². The average molecular weight is 344 g/mol. The highest BCUT2D eigenvalue weighted by atomic mass is 16.2. The molecule has 1 aromatic carbocycles. The first-order valence-electron chi connectivity index (χ1n) is 8.22. The van der Waals surface area contributed by atoms with Crippen LogP contribution in [0.25, 0.3) is 0 Å². The molecule has 3 N–H and O–H groups in total. The van der Waals surface area contributed by atoms with Gasteiger partial charge < -0.3 is 16.0 Å². The van der Waals surface area contributed by atoms with Gasteiger partial charge in [0.15, 0.2) is 0 Å². The average Bonchev–Trinajstić information content (AvgIpc) is 2.93. The van der Waals surface area contributed by atoms with Gasteiger partial charge in [0.1, 0.15) is 0 Å². The van der Waals surface area contributed by atoms with E-state index < -0.39 is 6.03 Å². The van der Waals surface area contributed by atoms with Crippen LogP contribution in [0.5, 0.6) is 0 Å². The minimum absolute atomic E-state index is 0.0183. The minimum Gasteiger partial charge on any atom is -0.369 e. The Morgan fingerprint density at radius 1 is 1.16 bits per heavy atom. The number of hydrogen-bond donors (Lipinski definition) is 2. The molecule has 2 aliphatic rings. The molecular weight excluding hydrogens is 324 g/mol. The van der Waals surface area contributed by atoms with Crippen molar-refractivity contribution in [2.24, 2.45) is 11.7 Å². The van der Waals surface area contributed by atoms with Crippen LogP contribution >= 0.6 is 0 Å². The highest BCUT2D eigenvalue weighted by Crippen LogP contribution is 2.21. The zero-order valence-electron chi connectivity index (χ0n) is 13.7. The fraction of sp³-hybridized carbons (Fsp3) is 0.412. The van der Waals surface area contributed by atoms with E-state index in [1.54, 1.807) is 29.2 Å². The largest absolute Gasteiger partial charge is 0.369 e. The van der Waals surface area contributed by atoms with E-state index >= 15 is 0 Å². The number of primary amides is 1. The van der Waals surface area contributed by atoms with Crippen molar-refractivity contribution in [3.63, 3.8) is 0 Å². The summed E-state index contributed by atoms with van der Waals surface area (Å²) in [4.78, 5) is 50.4. The van der Waals surface area contributed by atoms with Gasteiger partial charge in [0.05, 0.1) is 13.1 Å². The monoisotopic (exact) mass is 344 g/mol. The minimum atomic E-state index is -0.450. The van der Waals surface area contributed by atoms with E-state index in [2.05, 4.69) is 5.32 Å². The molecule has 0 aromatic heterocycles. The van der Waals surface area contributed by atoms with Gasteiger partial charge in [-0.05, 0) is 24.5 Å². The van der Waals surface area contributed by atoms with Gasteiger partial charge in [-0.2, -0.15) is 0 Å². The third-order valence-corrected chi connectivity index (χ3v) is 4.70. The third kappa shape index (κ3) is 3.47. The Bertz CT molecular complexity index is 709. The molecule has 5 amide bonds. The summed E-state index contributed by atoms with van der Waals surface area (Å²) in [6.45, 7) is 0.966. The molecule has 3 rings (SSSR count). The van der Waals surface area contributed by atoms with Gasteiger partial charge in [0.25, 0.3) is 5.91 Å². The fourth-order valence-corrected chi connectivity index (χ4v) is 3.19. The van der Waals surface area contributed by atoms with E-state index in [1.165, 1.54) is 0 Å². The highest BCUT2D eigenvalue weighted by Gasteiger charge is 2.31. The molecular formula is C17H20N4O4. The van der Waals surface area contributed by atoms with E-state index in [9.17, 15) is 19.2 Å². The summed E-state index contributed by atoms with van der Waals surface area (Å²) in [7, 11) is 0. The molecule has 8 heteroatoms. The summed E-state index contributed by atoms with van der Waals surface area (Å²) in [6.07, 6.45) is 1.10. The first-order valence-corrected chi connectivity index (χ1v) is 8.22. The molecule has 132 valence electrons. The van der Waals surface area contributed by atoms with Crippen molar-refractivity contribution in [1.82, 2.24) is 15.1 Å². The molecule has 0 aliphatic carbocycles. The van der Waals surface area contributed by atoms with Gasteiger partial charge in [0, 0.05) is 24.6 Å². The number of hydrogen-bond acceptors (Lipinski definition) is 4. The lowest BCUT2D eigenvalue weighted by Gasteiger charge is -2.31. The SMILES string of the molecule is NC(=O)C1CCN(C(=O)c2ccccc2CN2C(=O)CNC2=O)CC1. The fourth-order valence-electron chi connectivity index (χ4n) is 3.19. The lowest BCUT2D eigenvalue weighted by Crippen LogP contribution is -2.42. The van der Waals surface area contributed by atoms with Gasteiger partial charge in [0.2, 0.25) is 11.8 Å². The Morgan fingerprint density at radius 2 is 1.84 bits per heavy atom. The molecule has 0 spiro atoms. The molecule has 0 saturated carbocycles. The third-order valence-electron chi connectivity index (χ3n) is 4.70. The number of benzene rings is 1. The summed E-state index contributed by atoms with van der Waals surface area (Å²) >= 11 is 0. The maximum atomic E-state index is 12.8. The smallest absolute Gasteiger partial charge is 0.324 e. The van der Waals surface area contributed by atoms with Crippen LogP contribution in [-0.2, 0) is 16.1 Å². The standard InChI is InChI=1S/C17H20N4O4/c18-15(23)11-5-7-20(8-6-11)16(24)13-4-2-1-3-12(13)10-21-14(22)9-19-17(21)25/h1-4,11H,5-10H2,(H2,18,23)(H,19,25). The Balaban J connectivity index is 1.74. The number of rotatable bonds is 4. The Kier molecular flexibility index (Phi) is 4.69. The number of nitrogens with two attached hydrogens (primary N) is 1. The second-order valence-electron chi connectivity index (χ2n) is 6.26. The maximum absolute atomic E-state index is 12.8. The lowest BCUT2D eigenvalue weighted by molar-refractivity contribution is -0.125. The Morgan fingerprint density at radius 3 is 2.44 bits per heavy atom. The van der Waals surface area contributed by atoms with Crippen LogP contribution in [0.4, 0.5) is 4.79 Å². The van der Waals surface area contributed by atoms with Crippen LogP contribution in [0.1, 0.15) is 28.8 Å².